The minimum absolute atomic E-state index is 0.142. The maximum absolute atomic E-state index is 11.1. The zero-order chi connectivity index (χ0) is 11.5. The van der Waals surface area contributed by atoms with Crippen molar-refractivity contribution in [3.63, 3.8) is 0 Å². The van der Waals surface area contributed by atoms with Crippen molar-refractivity contribution in [2.45, 2.75) is 13.0 Å². The second-order valence-corrected chi connectivity index (χ2v) is 5.21. The number of hydrogen-bond acceptors (Lipinski definition) is 4. The van der Waals surface area contributed by atoms with Crippen LogP contribution in [-0.4, -0.2) is 36.9 Å². The van der Waals surface area contributed by atoms with Crippen molar-refractivity contribution in [2.75, 3.05) is 17.3 Å². The lowest BCUT2D eigenvalue weighted by Crippen LogP contribution is -2.22. The highest BCUT2D eigenvalue weighted by Crippen LogP contribution is 2.07. The van der Waals surface area contributed by atoms with Gasteiger partial charge in [-0.3, -0.25) is 4.21 Å². The quantitative estimate of drug-likeness (QED) is 0.860. The normalized spacial score (nSPS) is 14.9. The average molecular weight is 238 g/mol. The highest BCUT2D eigenvalue weighted by atomic mass is 32.2. The summed E-state index contributed by atoms with van der Waals surface area (Å²) in [6.07, 6.45) is 5.25. The van der Waals surface area contributed by atoms with Gasteiger partial charge in [-0.1, -0.05) is 0 Å². The minimum atomic E-state index is -0.796. The van der Waals surface area contributed by atoms with Crippen molar-refractivity contribution >= 4 is 22.3 Å². The Hall–Kier alpha value is -1.43. The molecule has 2 aromatic heterocycles. The molecule has 86 valence electrons. The van der Waals surface area contributed by atoms with E-state index >= 15 is 0 Å². The number of nitrogens with one attached hydrogen (secondary N) is 1. The maximum atomic E-state index is 11.1. The van der Waals surface area contributed by atoms with Crippen LogP contribution in [0.5, 0.6) is 0 Å². The summed E-state index contributed by atoms with van der Waals surface area (Å²) in [7, 11) is -0.796. The summed E-state index contributed by atoms with van der Waals surface area (Å²) in [6.45, 7) is 1.99. The largest absolute Gasteiger partial charge is 0.367 e. The summed E-state index contributed by atoms with van der Waals surface area (Å²) in [5.41, 5.74) is 0.801. The van der Waals surface area contributed by atoms with E-state index < -0.39 is 10.8 Å². The van der Waals surface area contributed by atoms with E-state index in [0.29, 0.717) is 5.75 Å². The van der Waals surface area contributed by atoms with Crippen LogP contribution in [0, 0.1) is 0 Å². The van der Waals surface area contributed by atoms with Gasteiger partial charge in [0.15, 0.2) is 5.65 Å². The zero-order valence-electron chi connectivity index (χ0n) is 9.25. The molecule has 0 aliphatic heterocycles. The highest BCUT2D eigenvalue weighted by molar-refractivity contribution is 7.84. The second kappa shape index (κ2) is 4.61. The van der Waals surface area contributed by atoms with Crippen molar-refractivity contribution in [2.24, 2.45) is 0 Å². The van der Waals surface area contributed by atoms with Crippen LogP contribution in [0.15, 0.2) is 24.5 Å². The molecule has 0 aromatic carbocycles. The first-order valence-corrected chi connectivity index (χ1v) is 6.75. The lowest BCUT2D eigenvalue weighted by atomic mass is 10.4. The lowest BCUT2D eigenvalue weighted by molar-refractivity contribution is 0.683. The molecule has 0 fully saturated rings. The van der Waals surface area contributed by atoms with Crippen molar-refractivity contribution < 1.29 is 4.21 Å². The van der Waals surface area contributed by atoms with Crippen LogP contribution < -0.4 is 5.32 Å². The smallest absolute Gasteiger partial charge is 0.157 e. The molecule has 0 saturated carbocycles. The predicted molar refractivity (Wildman–Crippen MR) is 65.0 cm³/mol. The fourth-order valence-corrected chi connectivity index (χ4v) is 2.33. The number of aromatic nitrogens is 3. The Morgan fingerprint density at radius 2 is 2.38 bits per heavy atom. The number of anilines is 1. The van der Waals surface area contributed by atoms with Gasteiger partial charge < -0.3 is 5.32 Å². The topological polar surface area (TPSA) is 59.3 Å². The first-order chi connectivity index (χ1) is 7.65. The van der Waals surface area contributed by atoms with Gasteiger partial charge in [-0.2, -0.15) is 5.10 Å². The standard InChI is InChI=1S/C10H14N4OS/c1-8(7-16(2)15)12-9-4-6-14-10(13-9)3-5-11-14/h3-6,8H,7H2,1-2H3,(H,12,13). The molecule has 2 atom stereocenters. The first kappa shape index (κ1) is 11.1. The van der Waals surface area contributed by atoms with E-state index in [1.54, 1.807) is 17.0 Å². The molecule has 2 aromatic rings. The van der Waals surface area contributed by atoms with Gasteiger partial charge in [0.05, 0.1) is 6.20 Å². The van der Waals surface area contributed by atoms with E-state index in [1.165, 1.54) is 0 Å². The summed E-state index contributed by atoms with van der Waals surface area (Å²) in [5, 5.41) is 7.27. The average Bonchev–Trinajstić information content (AvgIpc) is 2.63. The molecule has 1 N–H and O–H groups in total. The maximum Gasteiger partial charge on any atom is 0.157 e. The van der Waals surface area contributed by atoms with Gasteiger partial charge >= 0.3 is 0 Å². The first-order valence-electron chi connectivity index (χ1n) is 5.02. The van der Waals surface area contributed by atoms with Crippen molar-refractivity contribution in [3.8, 4) is 0 Å². The molecule has 2 unspecified atom stereocenters. The monoisotopic (exact) mass is 238 g/mol. The molecular formula is C10H14N4OS. The molecule has 0 amide bonds. The Balaban J connectivity index is 2.11. The molecule has 2 rings (SSSR count). The third-order valence-corrected chi connectivity index (χ3v) is 3.11. The molecule has 2 heterocycles. The highest BCUT2D eigenvalue weighted by Gasteiger charge is 2.05. The van der Waals surface area contributed by atoms with E-state index in [2.05, 4.69) is 15.4 Å². The van der Waals surface area contributed by atoms with Crippen LogP contribution in [0.1, 0.15) is 6.92 Å². The van der Waals surface area contributed by atoms with E-state index in [-0.39, 0.29) is 6.04 Å². The molecular weight excluding hydrogens is 224 g/mol. The van der Waals surface area contributed by atoms with Crippen LogP contribution in [0.3, 0.4) is 0 Å². The molecule has 0 spiro atoms. The summed E-state index contributed by atoms with van der Waals surface area (Å²) in [5.74, 6) is 1.40. The lowest BCUT2D eigenvalue weighted by Gasteiger charge is -2.12. The predicted octanol–water partition coefficient (Wildman–Crippen LogP) is 0.908. The fraction of sp³-hybridized carbons (Fsp3) is 0.400. The van der Waals surface area contributed by atoms with Crippen LogP contribution >= 0.6 is 0 Å². The van der Waals surface area contributed by atoms with Crippen LogP contribution in [0.2, 0.25) is 0 Å². The fourth-order valence-electron chi connectivity index (χ4n) is 1.54. The Morgan fingerprint density at radius 1 is 1.56 bits per heavy atom. The number of rotatable bonds is 4. The summed E-state index contributed by atoms with van der Waals surface area (Å²) < 4.78 is 12.8. The Bertz CT molecular complexity index is 510. The number of hydrogen-bond donors (Lipinski definition) is 1. The molecule has 0 bridgehead atoms. The van der Waals surface area contributed by atoms with E-state index in [9.17, 15) is 4.21 Å². The van der Waals surface area contributed by atoms with Crippen molar-refractivity contribution in [3.05, 3.63) is 24.5 Å². The van der Waals surface area contributed by atoms with E-state index in [1.807, 2.05) is 25.3 Å². The molecule has 0 saturated heterocycles. The molecule has 0 aliphatic carbocycles. The van der Waals surface area contributed by atoms with Crippen LogP contribution in [-0.2, 0) is 10.8 Å². The molecule has 16 heavy (non-hydrogen) atoms. The van der Waals surface area contributed by atoms with Gasteiger partial charge in [0.25, 0.3) is 0 Å². The van der Waals surface area contributed by atoms with Gasteiger partial charge in [-0.05, 0) is 13.0 Å². The zero-order valence-corrected chi connectivity index (χ0v) is 10.1. The molecule has 0 aliphatic rings. The van der Waals surface area contributed by atoms with Crippen molar-refractivity contribution in [1.82, 2.24) is 14.6 Å². The summed E-state index contributed by atoms with van der Waals surface area (Å²) in [6, 6.07) is 3.84. The van der Waals surface area contributed by atoms with Gasteiger partial charge in [0.1, 0.15) is 5.82 Å². The van der Waals surface area contributed by atoms with E-state index in [0.717, 1.165) is 11.5 Å². The Morgan fingerprint density at radius 3 is 3.12 bits per heavy atom. The third kappa shape index (κ3) is 2.57. The Kier molecular flexibility index (Phi) is 3.19. The molecule has 5 nitrogen and oxygen atoms in total. The molecule has 6 heteroatoms. The Labute approximate surface area is 96.3 Å². The van der Waals surface area contributed by atoms with E-state index in [4.69, 9.17) is 0 Å². The summed E-state index contributed by atoms with van der Waals surface area (Å²) in [4.78, 5) is 4.37. The van der Waals surface area contributed by atoms with Crippen LogP contribution in [0.25, 0.3) is 5.65 Å². The second-order valence-electron chi connectivity index (χ2n) is 3.73. The minimum Gasteiger partial charge on any atom is -0.367 e. The number of nitrogens with zero attached hydrogens (tertiary/aromatic N) is 3. The SMILES string of the molecule is CC(CS(C)=O)Nc1ccn2nccc2n1. The third-order valence-electron chi connectivity index (χ3n) is 2.14. The molecule has 0 radical (unpaired) electrons. The van der Waals surface area contributed by atoms with Crippen molar-refractivity contribution in [1.29, 1.82) is 0 Å². The van der Waals surface area contributed by atoms with Crippen LogP contribution in [0.4, 0.5) is 5.82 Å². The van der Waals surface area contributed by atoms with Gasteiger partial charge in [-0.25, -0.2) is 9.50 Å². The van der Waals surface area contributed by atoms with Gasteiger partial charge in [-0.15, -0.1) is 0 Å². The van der Waals surface area contributed by atoms with Gasteiger partial charge in [0.2, 0.25) is 0 Å². The number of fused-ring (bicyclic) bond motifs is 1. The summed E-state index contributed by atoms with van der Waals surface area (Å²) >= 11 is 0. The van der Waals surface area contributed by atoms with Gasteiger partial charge in [0, 0.05) is 41.1 Å².